The third kappa shape index (κ3) is 4.37. The highest BCUT2D eigenvalue weighted by molar-refractivity contribution is 5.93. The van der Waals surface area contributed by atoms with Gasteiger partial charge >= 0.3 is 6.18 Å². The molecule has 0 saturated heterocycles. The van der Waals surface area contributed by atoms with Crippen molar-refractivity contribution in [2.45, 2.75) is 19.5 Å². The van der Waals surface area contributed by atoms with Crippen LogP contribution < -0.4 is 10.6 Å². The molecule has 0 aromatic heterocycles. The smallest absolute Gasteiger partial charge is 0.324 e. The van der Waals surface area contributed by atoms with Crippen molar-refractivity contribution in [2.24, 2.45) is 0 Å². The van der Waals surface area contributed by atoms with Gasteiger partial charge in [0.1, 0.15) is 0 Å². The zero-order valence-electron chi connectivity index (χ0n) is 9.97. The van der Waals surface area contributed by atoms with Gasteiger partial charge in [0.25, 0.3) is 0 Å². The van der Waals surface area contributed by atoms with Crippen LogP contribution in [0.4, 0.5) is 18.9 Å². The van der Waals surface area contributed by atoms with Gasteiger partial charge < -0.3 is 10.6 Å². The second kappa shape index (κ2) is 6.39. The van der Waals surface area contributed by atoms with Crippen molar-refractivity contribution in [2.75, 3.05) is 18.4 Å². The van der Waals surface area contributed by atoms with Gasteiger partial charge in [-0.3, -0.25) is 4.79 Å². The Kier molecular flexibility index (Phi) is 5.15. The predicted molar refractivity (Wildman–Crippen MR) is 63.2 cm³/mol. The first kappa shape index (κ1) is 14.5. The van der Waals surface area contributed by atoms with Crippen LogP contribution >= 0.6 is 0 Å². The first-order valence-corrected chi connectivity index (χ1v) is 5.62. The summed E-state index contributed by atoms with van der Waals surface area (Å²) >= 11 is 0. The number of hydrogen-bond donors (Lipinski definition) is 2. The molecule has 0 aliphatic heterocycles. The van der Waals surface area contributed by atoms with Gasteiger partial charge in [0.15, 0.2) is 0 Å². The highest BCUT2D eigenvalue weighted by Crippen LogP contribution is 2.34. The molecule has 0 unspecified atom stereocenters. The molecule has 1 rings (SSSR count). The van der Waals surface area contributed by atoms with E-state index in [0.29, 0.717) is 6.54 Å². The zero-order valence-corrected chi connectivity index (χ0v) is 9.97. The Hall–Kier alpha value is -1.56. The minimum Gasteiger partial charge on any atom is -0.324 e. The summed E-state index contributed by atoms with van der Waals surface area (Å²) in [5, 5.41) is 5.07. The molecule has 0 fully saturated rings. The van der Waals surface area contributed by atoms with Gasteiger partial charge in [-0.2, -0.15) is 13.2 Å². The van der Waals surface area contributed by atoms with E-state index >= 15 is 0 Å². The molecule has 18 heavy (non-hydrogen) atoms. The van der Waals surface area contributed by atoms with E-state index in [4.69, 9.17) is 0 Å². The average Bonchev–Trinajstić information content (AvgIpc) is 2.28. The van der Waals surface area contributed by atoms with Crippen molar-refractivity contribution >= 4 is 11.6 Å². The minimum atomic E-state index is -4.47. The van der Waals surface area contributed by atoms with Crippen LogP contribution in [0.3, 0.4) is 0 Å². The first-order chi connectivity index (χ1) is 8.45. The maximum atomic E-state index is 12.6. The molecule has 3 nitrogen and oxygen atoms in total. The van der Waals surface area contributed by atoms with Gasteiger partial charge in [-0.15, -0.1) is 0 Å². The second-order valence-electron chi connectivity index (χ2n) is 3.77. The van der Waals surface area contributed by atoms with Gasteiger partial charge in [-0.05, 0) is 25.1 Å². The van der Waals surface area contributed by atoms with E-state index < -0.39 is 17.6 Å². The Labute approximate surface area is 103 Å². The molecule has 0 spiro atoms. The maximum Gasteiger partial charge on any atom is 0.418 e. The molecular weight excluding hydrogens is 245 g/mol. The number of amides is 1. The van der Waals surface area contributed by atoms with E-state index in [1.165, 1.54) is 18.2 Å². The molecule has 0 bridgehead atoms. The topological polar surface area (TPSA) is 41.1 Å². The molecule has 1 amide bonds. The van der Waals surface area contributed by atoms with Crippen LogP contribution in [-0.2, 0) is 11.0 Å². The molecule has 0 atom stereocenters. The quantitative estimate of drug-likeness (QED) is 0.799. The number of alkyl halides is 3. The van der Waals surface area contributed by atoms with E-state index in [2.05, 4.69) is 10.6 Å². The lowest BCUT2D eigenvalue weighted by Crippen LogP contribution is -2.29. The third-order valence-corrected chi connectivity index (χ3v) is 2.22. The minimum absolute atomic E-state index is 0.0000312. The summed E-state index contributed by atoms with van der Waals surface area (Å²) in [5.74, 6) is -0.486. The van der Waals surface area contributed by atoms with Crippen molar-refractivity contribution in [3.05, 3.63) is 29.8 Å². The molecule has 2 N–H and O–H groups in total. The molecule has 1 aromatic carbocycles. The summed E-state index contributed by atoms with van der Waals surface area (Å²) in [7, 11) is 0. The molecule has 6 heteroatoms. The standard InChI is InChI=1S/C12H15F3N2O/c1-2-7-16-8-11(18)17-10-6-4-3-5-9(10)12(13,14)15/h3-6,16H,2,7-8H2,1H3,(H,17,18). The molecule has 0 aliphatic rings. The number of nitrogens with one attached hydrogen (secondary N) is 2. The largest absolute Gasteiger partial charge is 0.418 e. The number of anilines is 1. The Morgan fingerprint density at radius 2 is 1.94 bits per heavy atom. The highest BCUT2D eigenvalue weighted by Gasteiger charge is 2.33. The number of hydrogen-bond acceptors (Lipinski definition) is 2. The second-order valence-corrected chi connectivity index (χ2v) is 3.77. The Bertz CT molecular complexity index is 405. The monoisotopic (exact) mass is 260 g/mol. The number of rotatable bonds is 5. The summed E-state index contributed by atoms with van der Waals surface area (Å²) < 4.78 is 37.9. The van der Waals surface area contributed by atoms with Gasteiger partial charge in [-0.25, -0.2) is 0 Å². The summed E-state index contributed by atoms with van der Waals surface area (Å²) in [6, 6.07) is 4.91. The van der Waals surface area contributed by atoms with Crippen LogP contribution in [0.25, 0.3) is 0 Å². The fourth-order valence-electron chi connectivity index (χ4n) is 1.41. The SMILES string of the molecule is CCCNCC(=O)Nc1ccccc1C(F)(F)F. The van der Waals surface area contributed by atoms with Crippen LogP contribution in [-0.4, -0.2) is 19.0 Å². The summed E-state index contributed by atoms with van der Waals surface area (Å²) in [4.78, 5) is 11.4. The van der Waals surface area contributed by atoms with Gasteiger partial charge in [0.2, 0.25) is 5.91 Å². The van der Waals surface area contributed by atoms with Crippen LogP contribution in [0.5, 0.6) is 0 Å². The van der Waals surface area contributed by atoms with E-state index in [0.717, 1.165) is 12.5 Å². The van der Waals surface area contributed by atoms with E-state index in [1.807, 2.05) is 6.92 Å². The highest BCUT2D eigenvalue weighted by atomic mass is 19.4. The summed E-state index contributed by atoms with van der Waals surface area (Å²) in [6.07, 6.45) is -3.62. The summed E-state index contributed by atoms with van der Waals surface area (Å²) in [5.41, 5.74) is -1.05. The number of para-hydroxylation sites is 1. The van der Waals surface area contributed by atoms with Gasteiger partial charge in [0.05, 0.1) is 17.8 Å². The number of benzene rings is 1. The van der Waals surface area contributed by atoms with Crippen LogP contribution in [0.1, 0.15) is 18.9 Å². The van der Waals surface area contributed by atoms with Crippen molar-refractivity contribution in [1.82, 2.24) is 5.32 Å². The van der Waals surface area contributed by atoms with Crippen LogP contribution in [0.15, 0.2) is 24.3 Å². The molecule has 100 valence electrons. The van der Waals surface area contributed by atoms with E-state index in [9.17, 15) is 18.0 Å². The fraction of sp³-hybridized carbons (Fsp3) is 0.417. The molecule has 0 aliphatic carbocycles. The number of halogens is 3. The van der Waals surface area contributed by atoms with Crippen molar-refractivity contribution < 1.29 is 18.0 Å². The Morgan fingerprint density at radius 3 is 2.56 bits per heavy atom. The number of carbonyl (C=O) groups excluding carboxylic acids is 1. The Balaban J connectivity index is 2.70. The van der Waals surface area contributed by atoms with E-state index in [-0.39, 0.29) is 12.2 Å². The lowest BCUT2D eigenvalue weighted by Gasteiger charge is -2.13. The van der Waals surface area contributed by atoms with Gasteiger partial charge in [0, 0.05) is 0 Å². The molecule has 0 radical (unpaired) electrons. The maximum absolute atomic E-state index is 12.6. The van der Waals surface area contributed by atoms with Gasteiger partial charge in [-0.1, -0.05) is 19.1 Å². The molecule has 1 aromatic rings. The normalized spacial score (nSPS) is 11.3. The Morgan fingerprint density at radius 1 is 1.28 bits per heavy atom. The molecular formula is C12H15F3N2O. The zero-order chi connectivity index (χ0) is 13.6. The van der Waals surface area contributed by atoms with Crippen molar-refractivity contribution in [1.29, 1.82) is 0 Å². The van der Waals surface area contributed by atoms with Crippen molar-refractivity contribution in [3.8, 4) is 0 Å². The van der Waals surface area contributed by atoms with Crippen LogP contribution in [0.2, 0.25) is 0 Å². The predicted octanol–water partition coefficient (Wildman–Crippen LogP) is 2.64. The molecule has 0 saturated carbocycles. The summed E-state index contributed by atoms with van der Waals surface area (Å²) in [6.45, 7) is 2.58. The van der Waals surface area contributed by atoms with Crippen LogP contribution in [0, 0.1) is 0 Å². The average molecular weight is 260 g/mol. The fourth-order valence-corrected chi connectivity index (χ4v) is 1.41. The van der Waals surface area contributed by atoms with Crippen molar-refractivity contribution in [3.63, 3.8) is 0 Å². The first-order valence-electron chi connectivity index (χ1n) is 5.62. The lowest BCUT2D eigenvalue weighted by atomic mass is 10.1. The third-order valence-electron chi connectivity index (χ3n) is 2.22. The number of carbonyl (C=O) groups is 1. The van der Waals surface area contributed by atoms with E-state index in [1.54, 1.807) is 0 Å². The lowest BCUT2D eigenvalue weighted by molar-refractivity contribution is -0.137. The molecule has 0 heterocycles.